The number of aliphatic hydroxyl groups excluding tert-OH is 1. The molecule has 1 fully saturated rings. The van der Waals surface area contributed by atoms with E-state index in [4.69, 9.17) is 4.74 Å². The fraction of sp³-hybridized carbons (Fsp3) is 0.370. The van der Waals surface area contributed by atoms with Crippen LogP contribution in [0.15, 0.2) is 42.1 Å². The number of aliphatic hydroxyl groups is 1. The number of hydrogen-bond donors (Lipinski definition) is 2. The van der Waals surface area contributed by atoms with Gasteiger partial charge in [0.15, 0.2) is 17.3 Å². The van der Waals surface area contributed by atoms with E-state index in [1.54, 1.807) is 12.1 Å². The number of methoxy groups -OCH3 is 1. The minimum atomic E-state index is -0.861. The number of amides is 1. The van der Waals surface area contributed by atoms with Crippen LogP contribution in [0.3, 0.4) is 0 Å². The van der Waals surface area contributed by atoms with Crippen molar-refractivity contribution in [2.45, 2.75) is 33.7 Å². The summed E-state index contributed by atoms with van der Waals surface area (Å²) in [5, 5.41) is 21.6. The van der Waals surface area contributed by atoms with Crippen molar-refractivity contribution in [2.24, 2.45) is 0 Å². The van der Waals surface area contributed by atoms with Gasteiger partial charge in [0, 0.05) is 19.3 Å². The molecule has 0 radical (unpaired) electrons. The maximum atomic E-state index is 13.4. The molecule has 1 amide bonds. The van der Waals surface area contributed by atoms with Gasteiger partial charge in [-0.05, 0) is 56.3 Å². The van der Waals surface area contributed by atoms with E-state index in [2.05, 4.69) is 9.88 Å². The molecule has 2 aromatic heterocycles. The summed E-state index contributed by atoms with van der Waals surface area (Å²) in [6.07, 6.45) is 1.84. The van der Waals surface area contributed by atoms with E-state index in [0.29, 0.717) is 30.0 Å². The number of ketones is 1. The molecule has 0 saturated carbocycles. The molecule has 0 aliphatic carbocycles. The first kappa shape index (κ1) is 25.2. The Kier molecular flexibility index (Phi) is 7.03. The number of carbonyl (C=O) groups excluding carboxylic acids is 2. The molecule has 1 atom stereocenters. The maximum Gasteiger partial charge on any atom is 0.295 e. The Morgan fingerprint density at radius 2 is 1.89 bits per heavy atom. The standard InChI is InChI=1S/C27H32N4O5/c1-6-29(7-2)13-14-31-23(18-10-11-19(32)20(15-18)36-5)21(25(34)27(31)35)24(33)22-17(4)30-12-8-9-16(3)26(30)28-22/h8-12,15,23,32-33H,6-7,13-14H2,1-5H3. The highest BCUT2D eigenvalue weighted by Gasteiger charge is 2.46. The molecule has 2 N–H and O–H groups in total. The predicted octanol–water partition coefficient (Wildman–Crippen LogP) is 3.43. The third-order valence-corrected chi connectivity index (χ3v) is 6.92. The number of phenolic OH excluding ortho intramolecular Hbond substituents is 1. The van der Waals surface area contributed by atoms with Crippen LogP contribution < -0.4 is 4.74 Å². The quantitative estimate of drug-likeness (QED) is 0.282. The van der Waals surface area contributed by atoms with Crippen molar-refractivity contribution in [2.75, 3.05) is 33.3 Å². The molecule has 190 valence electrons. The van der Waals surface area contributed by atoms with Crippen LogP contribution in [-0.2, 0) is 9.59 Å². The first-order valence-corrected chi connectivity index (χ1v) is 12.1. The number of likely N-dealkylation sites (N-methyl/N-ethyl adjacent to an activating group) is 1. The molecule has 1 aliphatic heterocycles. The number of likely N-dealkylation sites (tertiary alicyclic amines) is 1. The fourth-order valence-electron chi connectivity index (χ4n) is 4.78. The number of rotatable bonds is 8. The highest BCUT2D eigenvalue weighted by molar-refractivity contribution is 6.46. The number of aromatic nitrogens is 2. The van der Waals surface area contributed by atoms with Crippen LogP contribution in [0.4, 0.5) is 0 Å². The number of fused-ring (bicyclic) bond motifs is 1. The van der Waals surface area contributed by atoms with Crippen molar-refractivity contribution in [3.8, 4) is 11.5 Å². The van der Waals surface area contributed by atoms with Crippen molar-refractivity contribution in [1.29, 1.82) is 0 Å². The monoisotopic (exact) mass is 492 g/mol. The average Bonchev–Trinajstić information content (AvgIpc) is 3.34. The van der Waals surface area contributed by atoms with Crippen LogP contribution in [0.25, 0.3) is 11.4 Å². The van der Waals surface area contributed by atoms with E-state index in [9.17, 15) is 19.8 Å². The number of Topliss-reactive ketones (excluding diaryl/α,β-unsaturated/α-hetero) is 1. The van der Waals surface area contributed by atoms with Crippen molar-refractivity contribution < 1.29 is 24.5 Å². The lowest BCUT2D eigenvalue weighted by Crippen LogP contribution is -2.38. The second-order valence-corrected chi connectivity index (χ2v) is 8.88. The van der Waals surface area contributed by atoms with Crippen LogP contribution in [0.2, 0.25) is 0 Å². The summed E-state index contributed by atoms with van der Waals surface area (Å²) in [6.45, 7) is 10.3. The molecule has 4 rings (SSSR count). The van der Waals surface area contributed by atoms with Gasteiger partial charge >= 0.3 is 0 Å². The van der Waals surface area contributed by atoms with Gasteiger partial charge in [-0.15, -0.1) is 0 Å². The second kappa shape index (κ2) is 10.0. The smallest absolute Gasteiger partial charge is 0.295 e. The zero-order chi connectivity index (χ0) is 26.1. The Morgan fingerprint density at radius 1 is 1.17 bits per heavy atom. The lowest BCUT2D eigenvalue weighted by atomic mass is 9.96. The molecule has 1 aliphatic rings. The summed E-state index contributed by atoms with van der Waals surface area (Å²) in [5.41, 5.74) is 3.00. The van der Waals surface area contributed by atoms with Gasteiger partial charge < -0.3 is 29.2 Å². The van der Waals surface area contributed by atoms with Gasteiger partial charge in [0.2, 0.25) is 0 Å². The summed E-state index contributed by atoms with van der Waals surface area (Å²) < 4.78 is 7.13. The molecule has 9 heteroatoms. The Bertz CT molecular complexity index is 1360. The van der Waals surface area contributed by atoms with Crippen LogP contribution in [0, 0.1) is 13.8 Å². The van der Waals surface area contributed by atoms with Crippen LogP contribution in [0.5, 0.6) is 11.5 Å². The van der Waals surface area contributed by atoms with Gasteiger partial charge in [-0.3, -0.25) is 9.59 Å². The van der Waals surface area contributed by atoms with E-state index >= 15 is 0 Å². The van der Waals surface area contributed by atoms with Gasteiger partial charge in [0.1, 0.15) is 11.3 Å². The minimum absolute atomic E-state index is 0.0311. The van der Waals surface area contributed by atoms with E-state index in [0.717, 1.165) is 18.7 Å². The number of phenols is 1. The van der Waals surface area contributed by atoms with Gasteiger partial charge in [0.25, 0.3) is 11.7 Å². The maximum absolute atomic E-state index is 13.4. The highest BCUT2D eigenvalue weighted by Crippen LogP contribution is 2.42. The molecule has 9 nitrogen and oxygen atoms in total. The lowest BCUT2D eigenvalue weighted by molar-refractivity contribution is -0.140. The number of aryl methyl sites for hydroxylation is 2. The van der Waals surface area contributed by atoms with E-state index < -0.39 is 17.7 Å². The molecule has 3 aromatic rings. The van der Waals surface area contributed by atoms with Crippen molar-refractivity contribution in [1.82, 2.24) is 19.2 Å². The van der Waals surface area contributed by atoms with E-state index in [-0.39, 0.29) is 28.5 Å². The first-order valence-electron chi connectivity index (χ1n) is 12.1. The molecular formula is C27H32N4O5. The van der Waals surface area contributed by atoms with Gasteiger partial charge in [-0.1, -0.05) is 26.0 Å². The number of nitrogens with zero attached hydrogens (tertiary/aromatic N) is 4. The van der Waals surface area contributed by atoms with Crippen LogP contribution in [0.1, 0.15) is 42.4 Å². The lowest BCUT2D eigenvalue weighted by Gasteiger charge is -2.28. The largest absolute Gasteiger partial charge is 0.505 e. The zero-order valence-electron chi connectivity index (χ0n) is 21.3. The summed E-state index contributed by atoms with van der Waals surface area (Å²) in [6, 6.07) is 7.62. The van der Waals surface area contributed by atoms with E-state index in [1.165, 1.54) is 18.1 Å². The van der Waals surface area contributed by atoms with Crippen molar-refractivity contribution >= 4 is 23.1 Å². The summed E-state index contributed by atoms with van der Waals surface area (Å²) in [4.78, 5) is 34.9. The normalized spacial score (nSPS) is 17.5. The third-order valence-electron chi connectivity index (χ3n) is 6.92. The Morgan fingerprint density at radius 3 is 2.53 bits per heavy atom. The fourth-order valence-corrected chi connectivity index (χ4v) is 4.78. The zero-order valence-corrected chi connectivity index (χ0v) is 21.3. The Hall–Kier alpha value is -3.85. The first-order chi connectivity index (χ1) is 17.2. The number of hydrogen-bond acceptors (Lipinski definition) is 7. The van der Waals surface area contributed by atoms with Crippen molar-refractivity contribution in [3.05, 3.63) is 64.6 Å². The molecule has 1 saturated heterocycles. The molecule has 1 aromatic carbocycles. The van der Waals surface area contributed by atoms with Crippen molar-refractivity contribution in [3.63, 3.8) is 0 Å². The molecular weight excluding hydrogens is 460 g/mol. The minimum Gasteiger partial charge on any atom is -0.505 e. The average molecular weight is 493 g/mol. The summed E-state index contributed by atoms with van der Waals surface area (Å²) in [7, 11) is 1.43. The summed E-state index contributed by atoms with van der Waals surface area (Å²) in [5.74, 6) is -1.62. The van der Waals surface area contributed by atoms with E-state index in [1.807, 2.05) is 50.4 Å². The number of imidazole rings is 1. The number of benzene rings is 1. The Balaban J connectivity index is 1.90. The second-order valence-electron chi connectivity index (χ2n) is 8.88. The molecule has 1 unspecified atom stereocenters. The summed E-state index contributed by atoms with van der Waals surface area (Å²) >= 11 is 0. The Labute approximate surface area is 210 Å². The topological polar surface area (TPSA) is 108 Å². The van der Waals surface area contributed by atoms with Gasteiger partial charge in [0.05, 0.1) is 24.4 Å². The SMILES string of the molecule is CCN(CC)CCN1C(=O)C(=O)C(=C(O)c2nc3c(C)cccn3c2C)C1c1ccc(O)c(OC)c1. The number of carbonyl (C=O) groups is 2. The van der Waals surface area contributed by atoms with Crippen LogP contribution in [-0.4, -0.2) is 74.4 Å². The molecule has 0 spiro atoms. The molecule has 0 bridgehead atoms. The van der Waals surface area contributed by atoms with Crippen LogP contribution >= 0.6 is 0 Å². The number of aromatic hydroxyl groups is 1. The molecule has 3 heterocycles. The highest BCUT2D eigenvalue weighted by atomic mass is 16.5. The predicted molar refractivity (Wildman–Crippen MR) is 136 cm³/mol. The number of ether oxygens (including phenoxy) is 1. The van der Waals surface area contributed by atoms with Gasteiger partial charge in [-0.2, -0.15) is 0 Å². The number of pyridine rings is 1. The van der Waals surface area contributed by atoms with Gasteiger partial charge in [-0.25, -0.2) is 4.98 Å². The third kappa shape index (κ3) is 4.19. The molecule has 36 heavy (non-hydrogen) atoms.